The quantitative estimate of drug-likeness (QED) is 0.129. The molecule has 1 aromatic heterocycles. The maximum atomic E-state index is 14.6. The van der Waals surface area contributed by atoms with Gasteiger partial charge in [-0.3, -0.25) is 9.36 Å². The molecule has 2 aromatic carbocycles. The van der Waals surface area contributed by atoms with Crippen LogP contribution in [-0.4, -0.2) is 48.8 Å². The molecule has 3 N–H and O–H groups in total. The van der Waals surface area contributed by atoms with Gasteiger partial charge in [-0.05, 0) is 99.9 Å². The third-order valence-corrected chi connectivity index (χ3v) is 9.55. The summed E-state index contributed by atoms with van der Waals surface area (Å²) >= 11 is 0. The largest absolute Gasteiger partial charge is 0.508 e. The van der Waals surface area contributed by atoms with E-state index in [1.54, 1.807) is 39.8 Å². The SMILES string of the molecule is CCOC[C@](C)(C=O)NP(=O)(N[C@@H](C)C(=O)OCC)c1cc2c(C)c(Cc3ccc(O)c(C(C)C)c3)c(C)cc2o1. The molecule has 224 valence electrons. The molecule has 3 atom stereocenters. The number of phenolic OH excluding ortho intramolecular Hbond substituents is 1. The van der Waals surface area contributed by atoms with Crippen LogP contribution in [0.4, 0.5) is 0 Å². The summed E-state index contributed by atoms with van der Waals surface area (Å²) in [4.78, 5) is 24.6. The van der Waals surface area contributed by atoms with Gasteiger partial charge >= 0.3 is 5.97 Å². The van der Waals surface area contributed by atoms with E-state index in [-0.39, 0.29) is 30.4 Å². The number of aldehydes is 1. The Balaban J connectivity index is 2.09. The zero-order valence-corrected chi connectivity index (χ0v) is 26.2. The van der Waals surface area contributed by atoms with Gasteiger partial charge in [-0.15, -0.1) is 0 Å². The van der Waals surface area contributed by atoms with Crippen LogP contribution in [-0.2, 0) is 30.0 Å². The number of benzene rings is 2. The van der Waals surface area contributed by atoms with Crippen molar-refractivity contribution in [3.63, 3.8) is 0 Å². The van der Waals surface area contributed by atoms with Crippen LogP contribution in [0, 0.1) is 13.8 Å². The molecular weight excluding hydrogens is 543 g/mol. The number of phenols is 1. The molecule has 0 aliphatic carbocycles. The number of hydrogen-bond donors (Lipinski definition) is 3. The van der Waals surface area contributed by atoms with E-state index >= 15 is 0 Å². The fraction of sp³-hybridized carbons (Fsp3) is 0.484. The first kappa shape index (κ1) is 32.5. The normalized spacial score (nSPS) is 15.4. The number of fused-ring (bicyclic) bond motifs is 1. The van der Waals surface area contributed by atoms with E-state index in [2.05, 4.69) is 10.2 Å². The Morgan fingerprint density at radius 3 is 2.46 bits per heavy atom. The number of rotatable bonds is 14. The first-order valence-corrected chi connectivity index (χ1v) is 15.7. The second-order valence-corrected chi connectivity index (χ2v) is 13.2. The molecule has 41 heavy (non-hydrogen) atoms. The Morgan fingerprint density at radius 1 is 1.15 bits per heavy atom. The highest BCUT2D eigenvalue weighted by Gasteiger charge is 2.40. The van der Waals surface area contributed by atoms with E-state index in [0.717, 1.165) is 33.2 Å². The lowest BCUT2D eigenvalue weighted by Gasteiger charge is -2.31. The summed E-state index contributed by atoms with van der Waals surface area (Å²) in [6.07, 6.45) is 1.28. The third kappa shape index (κ3) is 7.46. The van der Waals surface area contributed by atoms with Crippen LogP contribution < -0.4 is 15.7 Å². The van der Waals surface area contributed by atoms with Gasteiger partial charge in [0.2, 0.25) is 0 Å². The van der Waals surface area contributed by atoms with Crippen molar-refractivity contribution in [2.75, 3.05) is 19.8 Å². The van der Waals surface area contributed by atoms with Gasteiger partial charge < -0.3 is 23.8 Å². The Labute approximate surface area is 242 Å². The predicted octanol–water partition coefficient (Wildman–Crippen LogP) is 5.41. The second kappa shape index (κ2) is 13.3. The second-order valence-electron chi connectivity index (χ2n) is 11.0. The summed E-state index contributed by atoms with van der Waals surface area (Å²) in [6.45, 7) is 15.2. The van der Waals surface area contributed by atoms with Crippen molar-refractivity contribution in [3.8, 4) is 5.75 Å². The van der Waals surface area contributed by atoms with Crippen molar-refractivity contribution >= 4 is 36.2 Å². The molecule has 3 aromatic rings. The zero-order valence-electron chi connectivity index (χ0n) is 25.3. The van der Waals surface area contributed by atoms with Gasteiger partial charge in [0.15, 0.2) is 5.50 Å². The summed E-state index contributed by atoms with van der Waals surface area (Å²) in [7, 11) is -3.90. The molecule has 1 unspecified atom stereocenters. The number of furan rings is 1. The molecular formula is C31H43N2O7P. The number of carbonyl (C=O) groups excluding carboxylic acids is 2. The van der Waals surface area contributed by atoms with E-state index in [9.17, 15) is 19.3 Å². The van der Waals surface area contributed by atoms with Crippen LogP contribution in [0.15, 0.2) is 34.7 Å². The Kier molecular flexibility index (Phi) is 10.6. The van der Waals surface area contributed by atoms with Crippen LogP contribution in [0.2, 0.25) is 0 Å². The van der Waals surface area contributed by atoms with E-state index in [0.29, 0.717) is 24.9 Å². The molecule has 0 bridgehead atoms. The van der Waals surface area contributed by atoms with Gasteiger partial charge in [0, 0.05) is 12.0 Å². The van der Waals surface area contributed by atoms with Crippen LogP contribution in [0.5, 0.6) is 5.75 Å². The van der Waals surface area contributed by atoms with E-state index in [4.69, 9.17) is 13.9 Å². The standard InChI is InChI=1S/C31H43N2O7P/c1-9-38-18-31(8,17-34)33-41(37,32-22(7)30(36)39-10-2)29-16-26-21(6)25(20(5)13-28(26)40-29)15-23-11-12-27(35)24(14-23)19(3)4/h11-14,16-17,19,22,35H,9-10,15,18H2,1-8H3,(H2,32,33,37)/t22-,31-,41?/m0/s1. The first-order valence-electron chi connectivity index (χ1n) is 14.0. The molecule has 0 spiro atoms. The number of esters is 1. The van der Waals surface area contributed by atoms with E-state index in [1.165, 1.54) is 0 Å². The molecule has 1 heterocycles. The first-order chi connectivity index (χ1) is 19.3. The van der Waals surface area contributed by atoms with Crippen LogP contribution >= 0.6 is 7.44 Å². The van der Waals surface area contributed by atoms with Crippen molar-refractivity contribution < 1.29 is 33.2 Å². The molecule has 0 radical (unpaired) electrons. The highest BCUT2D eigenvalue weighted by Crippen LogP contribution is 2.41. The summed E-state index contributed by atoms with van der Waals surface area (Å²) in [6, 6.07) is 8.34. The molecule has 3 rings (SSSR count). The van der Waals surface area contributed by atoms with Gasteiger partial charge in [-0.2, -0.15) is 0 Å². The summed E-state index contributed by atoms with van der Waals surface area (Å²) in [5, 5.41) is 16.8. The molecule has 0 aliphatic rings. The fourth-order valence-electron chi connectivity index (χ4n) is 4.85. The van der Waals surface area contributed by atoms with Crippen LogP contribution in [0.1, 0.15) is 75.3 Å². The lowest BCUT2D eigenvalue weighted by atomic mass is 9.91. The molecule has 0 aliphatic heterocycles. The average Bonchev–Trinajstić information content (AvgIpc) is 3.35. The smallest absolute Gasteiger partial charge is 0.323 e. The van der Waals surface area contributed by atoms with Crippen LogP contribution in [0.25, 0.3) is 11.0 Å². The molecule has 0 saturated carbocycles. The van der Waals surface area contributed by atoms with Crippen molar-refractivity contribution in [2.45, 2.75) is 79.3 Å². The minimum atomic E-state index is -3.90. The summed E-state index contributed by atoms with van der Waals surface area (Å²) < 4.78 is 31.3. The fourth-order valence-corrected chi connectivity index (χ4v) is 7.18. The summed E-state index contributed by atoms with van der Waals surface area (Å²) in [5.41, 5.74) is 4.31. The molecule has 10 heteroatoms. The van der Waals surface area contributed by atoms with Crippen molar-refractivity contribution in [3.05, 3.63) is 58.1 Å². The monoisotopic (exact) mass is 586 g/mol. The molecule has 0 saturated heterocycles. The zero-order chi connectivity index (χ0) is 30.5. The van der Waals surface area contributed by atoms with Gasteiger partial charge in [0.1, 0.15) is 29.2 Å². The number of nitrogens with one attached hydrogen (secondary N) is 2. The topological polar surface area (TPSA) is 127 Å². The maximum Gasteiger partial charge on any atom is 0.323 e. The van der Waals surface area contributed by atoms with Crippen molar-refractivity contribution in [1.82, 2.24) is 10.2 Å². The average molecular weight is 587 g/mol. The van der Waals surface area contributed by atoms with Gasteiger partial charge in [0.05, 0.1) is 13.2 Å². The minimum absolute atomic E-state index is 0.0278. The Morgan fingerprint density at radius 2 is 1.85 bits per heavy atom. The lowest BCUT2D eigenvalue weighted by molar-refractivity contribution is -0.144. The number of ether oxygens (including phenoxy) is 2. The lowest BCUT2D eigenvalue weighted by Crippen LogP contribution is -2.51. The van der Waals surface area contributed by atoms with Gasteiger partial charge in [-0.1, -0.05) is 26.0 Å². The number of aryl methyl sites for hydroxylation is 2. The third-order valence-electron chi connectivity index (χ3n) is 7.13. The maximum absolute atomic E-state index is 14.6. The van der Waals surface area contributed by atoms with Gasteiger partial charge in [-0.25, -0.2) is 10.2 Å². The Bertz CT molecular complexity index is 1450. The predicted molar refractivity (Wildman–Crippen MR) is 161 cm³/mol. The molecule has 9 nitrogen and oxygen atoms in total. The number of hydrogen-bond acceptors (Lipinski definition) is 7. The minimum Gasteiger partial charge on any atom is -0.508 e. The number of carbonyl (C=O) groups is 2. The van der Waals surface area contributed by atoms with Crippen molar-refractivity contribution in [2.24, 2.45) is 0 Å². The number of aromatic hydroxyl groups is 1. The Hall–Kier alpha value is -2.97. The highest BCUT2D eigenvalue weighted by atomic mass is 31.2. The molecule has 0 fully saturated rings. The highest BCUT2D eigenvalue weighted by molar-refractivity contribution is 7.67. The van der Waals surface area contributed by atoms with E-state index in [1.807, 2.05) is 45.9 Å². The molecule has 0 amide bonds. The van der Waals surface area contributed by atoms with Crippen LogP contribution in [0.3, 0.4) is 0 Å². The van der Waals surface area contributed by atoms with Gasteiger partial charge in [0.25, 0.3) is 7.44 Å². The van der Waals surface area contributed by atoms with E-state index < -0.39 is 25.0 Å². The van der Waals surface area contributed by atoms with Crippen molar-refractivity contribution in [1.29, 1.82) is 0 Å². The summed E-state index contributed by atoms with van der Waals surface area (Å²) in [5.74, 6) is -0.110.